The van der Waals surface area contributed by atoms with Gasteiger partial charge in [0.05, 0.1) is 5.70 Å². The number of benzene rings is 1. The van der Waals surface area contributed by atoms with Crippen LogP contribution in [0.15, 0.2) is 48.2 Å². The number of halogens is 2. The van der Waals surface area contributed by atoms with Crippen molar-refractivity contribution < 1.29 is 9.59 Å². The molecular weight excluding hydrogens is 309 g/mol. The second-order valence-corrected chi connectivity index (χ2v) is 5.30. The lowest BCUT2D eigenvalue weighted by Crippen LogP contribution is -2.33. The summed E-state index contributed by atoms with van der Waals surface area (Å²) in [6.07, 6.45) is 2.77. The zero-order valence-corrected chi connectivity index (χ0v) is 12.9. The fourth-order valence-corrected chi connectivity index (χ4v) is 2.60. The highest BCUT2D eigenvalue weighted by Gasteiger charge is 2.24. The Bertz CT molecular complexity index is 588. The van der Waals surface area contributed by atoms with E-state index in [0.717, 1.165) is 5.56 Å². The topological polar surface area (TPSA) is 37.4 Å². The number of carbonyl (C=O) groups is 2. The average Bonchev–Trinajstić information content (AvgIpc) is 2.50. The molecule has 2 rings (SSSR count). The SMILES string of the molecule is O=C1C=C(N(CCCl)CCCl)C(=O)C=C1c1ccccc1. The maximum atomic E-state index is 12.3. The molecule has 0 fully saturated rings. The minimum Gasteiger partial charge on any atom is -0.366 e. The molecule has 1 aliphatic carbocycles. The van der Waals surface area contributed by atoms with Crippen molar-refractivity contribution >= 4 is 40.3 Å². The molecule has 5 heteroatoms. The molecule has 0 amide bonds. The Morgan fingerprint density at radius 1 is 0.857 bits per heavy atom. The summed E-state index contributed by atoms with van der Waals surface area (Å²) >= 11 is 11.5. The molecule has 0 spiro atoms. The Morgan fingerprint density at radius 3 is 2.05 bits per heavy atom. The van der Waals surface area contributed by atoms with Crippen LogP contribution in [0.25, 0.3) is 5.57 Å². The van der Waals surface area contributed by atoms with Gasteiger partial charge in [-0.3, -0.25) is 9.59 Å². The van der Waals surface area contributed by atoms with E-state index in [4.69, 9.17) is 23.2 Å². The van der Waals surface area contributed by atoms with Crippen molar-refractivity contribution in [1.82, 2.24) is 4.90 Å². The summed E-state index contributed by atoms with van der Waals surface area (Å²) in [5.74, 6) is 0.365. The number of nitrogens with zero attached hydrogens (tertiary/aromatic N) is 1. The third-order valence-electron chi connectivity index (χ3n) is 3.20. The lowest BCUT2D eigenvalue weighted by atomic mass is 9.94. The Hall–Kier alpha value is -1.58. The smallest absolute Gasteiger partial charge is 0.202 e. The van der Waals surface area contributed by atoms with Gasteiger partial charge in [0.25, 0.3) is 0 Å². The van der Waals surface area contributed by atoms with E-state index in [1.165, 1.54) is 12.2 Å². The first kappa shape index (κ1) is 15.8. The maximum Gasteiger partial charge on any atom is 0.202 e. The first-order chi connectivity index (χ1) is 10.2. The van der Waals surface area contributed by atoms with Crippen LogP contribution in [0.5, 0.6) is 0 Å². The standard InChI is InChI=1S/C16H15Cl2NO2/c17-6-8-19(9-7-18)14-11-15(20)13(10-16(14)21)12-4-2-1-3-5-12/h1-5,10-11H,6-9H2. The zero-order valence-electron chi connectivity index (χ0n) is 11.4. The molecule has 110 valence electrons. The predicted octanol–water partition coefficient (Wildman–Crippen LogP) is 2.89. The second-order valence-electron chi connectivity index (χ2n) is 4.55. The van der Waals surface area contributed by atoms with Crippen LogP contribution in [0.4, 0.5) is 0 Å². The third kappa shape index (κ3) is 3.74. The predicted molar refractivity (Wildman–Crippen MR) is 85.5 cm³/mol. The molecule has 0 atom stereocenters. The van der Waals surface area contributed by atoms with Crippen molar-refractivity contribution in [3.8, 4) is 0 Å². The highest BCUT2D eigenvalue weighted by atomic mass is 35.5. The molecule has 0 heterocycles. The van der Waals surface area contributed by atoms with Crippen molar-refractivity contribution in [2.75, 3.05) is 24.8 Å². The number of hydrogen-bond donors (Lipinski definition) is 0. The Kier molecular flexibility index (Phi) is 5.59. The summed E-state index contributed by atoms with van der Waals surface area (Å²) in [6.45, 7) is 0.960. The van der Waals surface area contributed by atoms with Gasteiger partial charge in [0.15, 0.2) is 5.78 Å². The fourth-order valence-electron chi connectivity index (χ4n) is 2.20. The van der Waals surface area contributed by atoms with Gasteiger partial charge in [-0.05, 0) is 11.6 Å². The van der Waals surface area contributed by atoms with Gasteiger partial charge in [-0.2, -0.15) is 0 Å². The van der Waals surface area contributed by atoms with E-state index in [9.17, 15) is 9.59 Å². The van der Waals surface area contributed by atoms with E-state index in [1.54, 1.807) is 4.90 Å². The lowest BCUT2D eigenvalue weighted by Gasteiger charge is -2.26. The van der Waals surface area contributed by atoms with Crippen LogP contribution in [0.1, 0.15) is 5.56 Å². The van der Waals surface area contributed by atoms with Crippen LogP contribution >= 0.6 is 23.2 Å². The fraction of sp³-hybridized carbons (Fsp3) is 0.250. The molecule has 1 aliphatic rings. The Morgan fingerprint density at radius 2 is 1.48 bits per heavy atom. The minimum absolute atomic E-state index is 0.176. The minimum atomic E-state index is -0.191. The molecule has 3 nitrogen and oxygen atoms in total. The highest BCUT2D eigenvalue weighted by molar-refractivity contribution is 6.35. The number of allylic oxidation sites excluding steroid dienone is 3. The third-order valence-corrected chi connectivity index (χ3v) is 3.53. The molecular formula is C16H15Cl2NO2. The molecule has 21 heavy (non-hydrogen) atoms. The molecule has 0 N–H and O–H groups in total. The van der Waals surface area contributed by atoms with Crippen LogP contribution in [0, 0.1) is 0 Å². The molecule has 0 unspecified atom stereocenters. The zero-order chi connectivity index (χ0) is 15.2. The number of carbonyl (C=O) groups excluding carboxylic acids is 2. The van der Waals surface area contributed by atoms with Crippen molar-refractivity contribution in [2.24, 2.45) is 0 Å². The molecule has 1 aromatic rings. The van der Waals surface area contributed by atoms with Gasteiger partial charge in [-0.15, -0.1) is 23.2 Å². The van der Waals surface area contributed by atoms with Gasteiger partial charge >= 0.3 is 0 Å². The van der Waals surface area contributed by atoms with E-state index < -0.39 is 0 Å². The van der Waals surface area contributed by atoms with Gasteiger partial charge in [0.2, 0.25) is 5.78 Å². The summed E-state index contributed by atoms with van der Waals surface area (Å²) in [7, 11) is 0. The van der Waals surface area contributed by atoms with Crippen LogP contribution < -0.4 is 0 Å². The monoisotopic (exact) mass is 323 g/mol. The molecule has 0 saturated heterocycles. The van der Waals surface area contributed by atoms with Gasteiger partial charge < -0.3 is 4.90 Å². The van der Waals surface area contributed by atoms with Gasteiger partial charge in [0.1, 0.15) is 0 Å². The van der Waals surface area contributed by atoms with E-state index in [0.29, 0.717) is 36.1 Å². The van der Waals surface area contributed by atoms with Crippen LogP contribution in [-0.2, 0) is 9.59 Å². The summed E-state index contributed by atoms with van der Waals surface area (Å²) in [4.78, 5) is 26.3. The van der Waals surface area contributed by atoms with E-state index in [2.05, 4.69) is 0 Å². The summed E-state index contributed by atoms with van der Waals surface area (Å²) in [5, 5.41) is 0. The number of alkyl halides is 2. The summed E-state index contributed by atoms with van der Waals surface area (Å²) in [6, 6.07) is 9.15. The maximum absolute atomic E-state index is 12.3. The average molecular weight is 324 g/mol. The molecule has 0 saturated carbocycles. The quantitative estimate of drug-likeness (QED) is 0.596. The molecule has 0 radical (unpaired) electrons. The van der Waals surface area contributed by atoms with Gasteiger partial charge in [0, 0.05) is 36.5 Å². The first-order valence-electron chi connectivity index (χ1n) is 6.61. The van der Waals surface area contributed by atoms with Crippen molar-refractivity contribution in [1.29, 1.82) is 0 Å². The first-order valence-corrected chi connectivity index (χ1v) is 7.68. The van der Waals surface area contributed by atoms with Crippen LogP contribution in [0.3, 0.4) is 0 Å². The lowest BCUT2D eigenvalue weighted by molar-refractivity contribution is -0.115. The van der Waals surface area contributed by atoms with Crippen molar-refractivity contribution in [2.45, 2.75) is 0 Å². The van der Waals surface area contributed by atoms with Gasteiger partial charge in [-0.25, -0.2) is 0 Å². The molecule has 1 aromatic carbocycles. The van der Waals surface area contributed by atoms with Gasteiger partial charge in [-0.1, -0.05) is 30.3 Å². The Labute approximate surface area is 133 Å². The van der Waals surface area contributed by atoms with Crippen LogP contribution in [0.2, 0.25) is 0 Å². The highest BCUT2D eigenvalue weighted by Crippen LogP contribution is 2.23. The normalized spacial score (nSPS) is 14.8. The summed E-state index contributed by atoms with van der Waals surface area (Å²) < 4.78 is 0. The number of hydrogen-bond acceptors (Lipinski definition) is 3. The van der Waals surface area contributed by atoms with E-state index in [-0.39, 0.29) is 11.6 Å². The molecule has 0 bridgehead atoms. The van der Waals surface area contributed by atoms with E-state index >= 15 is 0 Å². The second kappa shape index (κ2) is 7.43. The van der Waals surface area contributed by atoms with Crippen molar-refractivity contribution in [3.63, 3.8) is 0 Å². The number of rotatable bonds is 6. The largest absolute Gasteiger partial charge is 0.366 e. The van der Waals surface area contributed by atoms with Crippen molar-refractivity contribution in [3.05, 3.63) is 53.7 Å². The van der Waals surface area contributed by atoms with Crippen LogP contribution in [-0.4, -0.2) is 41.3 Å². The Balaban J connectivity index is 2.27. The van der Waals surface area contributed by atoms with E-state index in [1.807, 2.05) is 30.3 Å². The molecule has 0 aliphatic heterocycles. The number of ketones is 2. The molecule has 0 aromatic heterocycles. The summed E-state index contributed by atoms with van der Waals surface area (Å²) in [5.41, 5.74) is 1.52.